The third kappa shape index (κ3) is 3.54. The summed E-state index contributed by atoms with van der Waals surface area (Å²) in [7, 11) is 0. The molecule has 0 atom stereocenters. The molecule has 0 amide bonds. The number of phenolic OH excluding ortho intramolecular Hbond substituents is 1. The second-order valence-corrected chi connectivity index (χ2v) is 7.94. The van der Waals surface area contributed by atoms with Gasteiger partial charge in [-0.05, 0) is 43.0 Å². The number of fused-ring (bicyclic) bond motifs is 1. The summed E-state index contributed by atoms with van der Waals surface area (Å²) in [4.78, 5) is 9.75. The highest BCUT2D eigenvalue weighted by molar-refractivity contribution is 5.85. The highest BCUT2D eigenvalue weighted by Gasteiger charge is 2.26. The second kappa shape index (κ2) is 7.97. The molecule has 0 bridgehead atoms. The van der Waals surface area contributed by atoms with Crippen LogP contribution in [0, 0.1) is 0 Å². The van der Waals surface area contributed by atoms with E-state index in [9.17, 15) is 5.11 Å². The first kappa shape index (κ1) is 18.3. The summed E-state index contributed by atoms with van der Waals surface area (Å²) in [6.45, 7) is 3.66. The number of nitrogens with one attached hydrogen (secondary N) is 1. The minimum absolute atomic E-state index is 0.363. The molecule has 6 nitrogen and oxygen atoms in total. The predicted molar refractivity (Wildman–Crippen MR) is 115 cm³/mol. The number of aromatic nitrogens is 2. The molecule has 3 aromatic rings. The van der Waals surface area contributed by atoms with E-state index in [1.165, 1.54) is 12.8 Å². The van der Waals surface area contributed by atoms with Crippen LogP contribution in [0.3, 0.4) is 0 Å². The van der Waals surface area contributed by atoms with Crippen molar-refractivity contribution in [3.05, 3.63) is 54.2 Å². The van der Waals surface area contributed by atoms with Crippen molar-refractivity contribution in [2.24, 2.45) is 0 Å². The minimum Gasteiger partial charge on any atom is -0.508 e. The zero-order valence-corrected chi connectivity index (χ0v) is 16.6. The van der Waals surface area contributed by atoms with E-state index in [0.717, 1.165) is 61.2 Å². The van der Waals surface area contributed by atoms with Crippen LogP contribution in [0.4, 0.5) is 11.6 Å². The van der Waals surface area contributed by atoms with Crippen LogP contribution in [0.15, 0.2) is 48.7 Å². The van der Waals surface area contributed by atoms with E-state index < -0.39 is 0 Å². The van der Waals surface area contributed by atoms with Gasteiger partial charge >= 0.3 is 0 Å². The van der Waals surface area contributed by atoms with Gasteiger partial charge in [-0.25, -0.2) is 20.0 Å². The summed E-state index contributed by atoms with van der Waals surface area (Å²) in [5.41, 5.74) is 2.94. The van der Waals surface area contributed by atoms with Crippen molar-refractivity contribution in [3.63, 3.8) is 0 Å². The standard InChI is InChI=1S/C23H27N5O/c29-20-11-10-18-16-25-23(26-22(18)21(20)17-6-4-5-7-17)28(19-8-2-1-3-9-19)27-14-12-24-13-15-27/h1-3,8-11,16-17,24,29H,4-7,12-15H2. The van der Waals surface area contributed by atoms with Crippen molar-refractivity contribution in [1.82, 2.24) is 20.3 Å². The number of nitrogens with zero attached hydrogens (tertiary/aromatic N) is 4. The summed E-state index contributed by atoms with van der Waals surface area (Å²) in [6, 6.07) is 14.0. The Bertz CT molecular complexity index is 981. The maximum absolute atomic E-state index is 10.7. The van der Waals surface area contributed by atoms with E-state index in [-0.39, 0.29) is 0 Å². The van der Waals surface area contributed by atoms with Gasteiger partial charge in [0.05, 0.1) is 11.2 Å². The number of anilines is 2. The van der Waals surface area contributed by atoms with E-state index >= 15 is 0 Å². The quantitative estimate of drug-likeness (QED) is 0.704. The molecule has 2 heterocycles. The highest BCUT2D eigenvalue weighted by atomic mass is 16.3. The van der Waals surface area contributed by atoms with Crippen LogP contribution in [0.5, 0.6) is 5.75 Å². The molecular formula is C23H27N5O. The Kier molecular flexibility index (Phi) is 5.04. The van der Waals surface area contributed by atoms with Gasteiger partial charge in [-0.15, -0.1) is 0 Å². The summed E-state index contributed by atoms with van der Waals surface area (Å²) >= 11 is 0. The van der Waals surface area contributed by atoms with Gasteiger partial charge in [-0.1, -0.05) is 31.0 Å². The third-order valence-electron chi connectivity index (χ3n) is 6.09. The third-order valence-corrected chi connectivity index (χ3v) is 6.09. The Hall–Kier alpha value is -2.70. The van der Waals surface area contributed by atoms with Gasteiger partial charge in [-0.3, -0.25) is 0 Å². The van der Waals surface area contributed by atoms with E-state index in [1.807, 2.05) is 30.5 Å². The van der Waals surface area contributed by atoms with Gasteiger partial charge in [0.1, 0.15) is 5.75 Å². The molecule has 1 aliphatic carbocycles. The number of para-hydroxylation sites is 1. The first-order chi connectivity index (χ1) is 14.3. The van der Waals surface area contributed by atoms with Crippen LogP contribution in [0.1, 0.15) is 37.2 Å². The van der Waals surface area contributed by atoms with Gasteiger partial charge in [0.2, 0.25) is 5.95 Å². The molecule has 1 aromatic heterocycles. The summed E-state index contributed by atoms with van der Waals surface area (Å²) in [5, 5.41) is 19.5. The largest absolute Gasteiger partial charge is 0.508 e. The number of hydrazine groups is 1. The first-order valence-corrected chi connectivity index (χ1v) is 10.6. The maximum atomic E-state index is 10.7. The number of hydrogen-bond acceptors (Lipinski definition) is 6. The van der Waals surface area contributed by atoms with Gasteiger partial charge in [0.15, 0.2) is 0 Å². The topological polar surface area (TPSA) is 64.5 Å². The van der Waals surface area contributed by atoms with E-state index in [1.54, 1.807) is 6.07 Å². The van der Waals surface area contributed by atoms with Crippen LogP contribution in [-0.4, -0.2) is 46.3 Å². The summed E-state index contributed by atoms with van der Waals surface area (Å²) in [6.07, 6.45) is 6.57. The lowest BCUT2D eigenvalue weighted by molar-refractivity contribution is 0.240. The zero-order valence-electron chi connectivity index (χ0n) is 16.6. The molecule has 5 rings (SSSR count). The van der Waals surface area contributed by atoms with E-state index in [0.29, 0.717) is 17.6 Å². The number of aromatic hydroxyl groups is 1. The number of benzene rings is 2. The van der Waals surface area contributed by atoms with Crippen molar-refractivity contribution in [2.45, 2.75) is 31.6 Å². The lowest BCUT2D eigenvalue weighted by Crippen LogP contribution is -2.51. The highest BCUT2D eigenvalue weighted by Crippen LogP contribution is 2.42. The fourth-order valence-electron chi connectivity index (χ4n) is 4.65. The van der Waals surface area contributed by atoms with Gasteiger partial charge < -0.3 is 10.4 Å². The van der Waals surface area contributed by atoms with Gasteiger partial charge in [-0.2, -0.15) is 0 Å². The molecule has 150 valence electrons. The van der Waals surface area contributed by atoms with Crippen molar-refractivity contribution >= 4 is 22.5 Å². The van der Waals surface area contributed by atoms with E-state index in [4.69, 9.17) is 9.97 Å². The normalized spacial score (nSPS) is 18.3. The number of hydrogen-bond donors (Lipinski definition) is 2. The minimum atomic E-state index is 0.363. The smallest absolute Gasteiger partial charge is 0.245 e. The molecule has 1 saturated carbocycles. The molecule has 2 aromatic carbocycles. The summed E-state index contributed by atoms with van der Waals surface area (Å²) < 4.78 is 0. The molecule has 0 unspecified atom stereocenters. The Morgan fingerprint density at radius 3 is 2.52 bits per heavy atom. The average molecular weight is 390 g/mol. The molecule has 1 saturated heterocycles. The first-order valence-electron chi connectivity index (χ1n) is 10.6. The van der Waals surface area contributed by atoms with E-state index in [2.05, 4.69) is 27.5 Å². The fraction of sp³-hybridized carbons (Fsp3) is 0.391. The van der Waals surface area contributed by atoms with Gasteiger partial charge in [0.25, 0.3) is 0 Å². The molecule has 2 N–H and O–H groups in total. The second-order valence-electron chi connectivity index (χ2n) is 7.94. The molecular weight excluding hydrogens is 362 g/mol. The SMILES string of the molecule is Oc1ccc2cnc(N(c3ccccc3)N3CCNCC3)nc2c1C1CCCC1. The Morgan fingerprint density at radius 1 is 1.00 bits per heavy atom. The monoisotopic (exact) mass is 389 g/mol. The van der Waals surface area contributed by atoms with Crippen LogP contribution in [-0.2, 0) is 0 Å². The Morgan fingerprint density at radius 2 is 1.76 bits per heavy atom. The summed E-state index contributed by atoms with van der Waals surface area (Å²) in [5.74, 6) is 1.41. The fourth-order valence-corrected chi connectivity index (χ4v) is 4.65. The van der Waals surface area contributed by atoms with Crippen LogP contribution >= 0.6 is 0 Å². The Balaban J connectivity index is 1.64. The predicted octanol–water partition coefficient (Wildman–Crippen LogP) is 3.95. The molecule has 6 heteroatoms. The molecule has 2 fully saturated rings. The Labute approximate surface area is 171 Å². The maximum Gasteiger partial charge on any atom is 0.245 e. The average Bonchev–Trinajstić information content (AvgIpc) is 3.30. The molecule has 2 aliphatic rings. The molecule has 1 aliphatic heterocycles. The van der Waals surface area contributed by atoms with Crippen molar-refractivity contribution in [3.8, 4) is 5.75 Å². The molecule has 0 spiro atoms. The lowest BCUT2D eigenvalue weighted by atomic mass is 9.94. The van der Waals surface area contributed by atoms with Crippen molar-refractivity contribution in [2.75, 3.05) is 31.2 Å². The van der Waals surface area contributed by atoms with Gasteiger partial charge in [0, 0.05) is 43.3 Å². The van der Waals surface area contributed by atoms with Crippen molar-refractivity contribution < 1.29 is 5.11 Å². The lowest BCUT2D eigenvalue weighted by Gasteiger charge is -2.37. The van der Waals surface area contributed by atoms with Crippen LogP contribution in [0.2, 0.25) is 0 Å². The number of piperazine rings is 1. The van der Waals surface area contributed by atoms with Crippen LogP contribution in [0.25, 0.3) is 10.9 Å². The number of rotatable bonds is 4. The zero-order chi connectivity index (χ0) is 19.6. The van der Waals surface area contributed by atoms with Crippen molar-refractivity contribution in [1.29, 1.82) is 0 Å². The number of phenols is 1. The van der Waals surface area contributed by atoms with Crippen LogP contribution < -0.4 is 10.3 Å². The molecule has 0 radical (unpaired) electrons. The molecule has 29 heavy (non-hydrogen) atoms.